The Labute approximate surface area is 118 Å². The second kappa shape index (κ2) is 6.71. The molecule has 2 heterocycles. The van der Waals surface area contributed by atoms with E-state index in [0.717, 1.165) is 26.2 Å². The lowest BCUT2D eigenvalue weighted by molar-refractivity contribution is -0.0358. The van der Waals surface area contributed by atoms with Gasteiger partial charge in [-0.25, -0.2) is 4.79 Å². The predicted molar refractivity (Wildman–Crippen MR) is 74.4 cm³/mol. The number of hydrogen-bond donors (Lipinski definition) is 1. The van der Waals surface area contributed by atoms with Crippen LogP contribution in [0.25, 0.3) is 0 Å². The monoisotopic (exact) mass is 282 g/mol. The fraction of sp³-hybridized carbons (Fsp3) is 0.692. The van der Waals surface area contributed by atoms with Gasteiger partial charge in [0.15, 0.2) is 5.69 Å². The molecule has 1 aromatic heterocycles. The number of hydrogen-bond acceptors (Lipinski definition) is 6. The quantitative estimate of drug-likeness (QED) is 0.785. The van der Waals surface area contributed by atoms with E-state index < -0.39 is 5.97 Å². The van der Waals surface area contributed by atoms with Crippen LogP contribution in [0.4, 0.5) is 5.69 Å². The molecule has 1 atom stereocenters. The van der Waals surface area contributed by atoms with Gasteiger partial charge in [0.2, 0.25) is 0 Å². The summed E-state index contributed by atoms with van der Waals surface area (Å²) in [5, 5.41) is 4.19. The fourth-order valence-electron chi connectivity index (χ4n) is 2.28. The SMILES string of the molecule is CCOC(=O)c1nn(CC2CN(CC)CCO2)cc1N. The van der Waals surface area contributed by atoms with E-state index in [-0.39, 0.29) is 11.8 Å². The molecule has 20 heavy (non-hydrogen) atoms. The zero-order valence-electron chi connectivity index (χ0n) is 12.0. The van der Waals surface area contributed by atoms with E-state index in [4.69, 9.17) is 15.2 Å². The van der Waals surface area contributed by atoms with Crippen molar-refractivity contribution in [1.82, 2.24) is 14.7 Å². The standard InChI is InChI=1S/C13H22N4O3/c1-3-16-5-6-20-10(7-16)8-17-9-11(14)12(15-17)13(18)19-4-2/h9-10H,3-8,14H2,1-2H3. The maximum atomic E-state index is 11.7. The highest BCUT2D eigenvalue weighted by Gasteiger charge is 2.22. The van der Waals surface area contributed by atoms with Gasteiger partial charge in [0.1, 0.15) is 0 Å². The topological polar surface area (TPSA) is 82.6 Å². The number of ether oxygens (including phenoxy) is 2. The first kappa shape index (κ1) is 14.8. The van der Waals surface area contributed by atoms with Gasteiger partial charge in [-0.1, -0.05) is 6.92 Å². The Morgan fingerprint density at radius 1 is 1.60 bits per heavy atom. The molecule has 0 aromatic carbocycles. The van der Waals surface area contributed by atoms with Crippen molar-refractivity contribution >= 4 is 11.7 Å². The second-order valence-corrected chi connectivity index (χ2v) is 4.76. The smallest absolute Gasteiger partial charge is 0.361 e. The molecule has 1 saturated heterocycles. The molecule has 1 aliphatic rings. The summed E-state index contributed by atoms with van der Waals surface area (Å²) in [6, 6.07) is 0. The minimum atomic E-state index is -0.483. The van der Waals surface area contributed by atoms with Gasteiger partial charge >= 0.3 is 5.97 Å². The van der Waals surface area contributed by atoms with E-state index in [1.807, 2.05) is 0 Å². The zero-order chi connectivity index (χ0) is 14.5. The first-order valence-corrected chi connectivity index (χ1v) is 6.98. The summed E-state index contributed by atoms with van der Waals surface area (Å²) in [7, 11) is 0. The van der Waals surface area contributed by atoms with Gasteiger partial charge in [-0.15, -0.1) is 0 Å². The van der Waals surface area contributed by atoms with E-state index in [2.05, 4.69) is 16.9 Å². The lowest BCUT2D eigenvalue weighted by atomic mass is 10.2. The number of nitrogens with zero attached hydrogens (tertiary/aromatic N) is 3. The van der Waals surface area contributed by atoms with Gasteiger partial charge in [0.05, 0.1) is 31.5 Å². The molecule has 0 radical (unpaired) electrons. The van der Waals surface area contributed by atoms with Crippen molar-refractivity contribution in [2.75, 3.05) is 38.6 Å². The molecular weight excluding hydrogens is 260 g/mol. The van der Waals surface area contributed by atoms with Gasteiger partial charge in [0.25, 0.3) is 0 Å². The highest BCUT2D eigenvalue weighted by molar-refractivity contribution is 5.92. The molecule has 0 saturated carbocycles. The molecule has 1 aromatic rings. The fourth-order valence-corrected chi connectivity index (χ4v) is 2.28. The molecule has 1 aliphatic heterocycles. The van der Waals surface area contributed by atoms with Crippen LogP contribution in [0.5, 0.6) is 0 Å². The summed E-state index contributed by atoms with van der Waals surface area (Å²) in [5.74, 6) is -0.483. The molecule has 2 N–H and O–H groups in total. The number of nitrogens with two attached hydrogens (primary N) is 1. The number of rotatable bonds is 5. The maximum absolute atomic E-state index is 11.7. The van der Waals surface area contributed by atoms with Gasteiger partial charge in [-0.3, -0.25) is 9.58 Å². The summed E-state index contributed by atoms with van der Waals surface area (Å²) in [6.07, 6.45) is 1.72. The molecule has 1 fully saturated rings. The lowest BCUT2D eigenvalue weighted by Gasteiger charge is -2.31. The number of aromatic nitrogens is 2. The number of likely N-dealkylation sites (N-methyl/N-ethyl adjacent to an activating group) is 1. The molecule has 2 rings (SSSR count). The van der Waals surface area contributed by atoms with Crippen LogP contribution < -0.4 is 5.73 Å². The van der Waals surface area contributed by atoms with Crippen LogP contribution in [0.2, 0.25) is 0 Å². The Bertz CT molecular complexity index is 460. The minimum absolute atomic E-state index is 0.0676. The minimum Gasteiger partial charge on any atom is -0.461 e. The van der Waals surface area contributed by atoms with Gasteiger partial charge in [-0.2, -0.15) is 5.10 Å². The first-order chi connectivity index (χ1) is 9.63. The molecule has 0 aliphatic carbocycles. The van der Waals surface area contributed by atoms with Crippen LogP contribution in [0.1, 0.15) is 24.3 Å². The molecule has 7 nitrogen and oxygen atoms in total. The average Bonchev–Trinajstić information content (AvgIpc) is 2.80. The number of carbonyl (C=O) groups is 1. The molecule has 0 amide bonds. The largest absolute Gasteiger partial charge is 0.461 e. The van der Waals surface area contributed by atoms with E-state index >= 15 is 0 Å². The Balaban J connectivity index is 1.99. The normalized spacial score (nSPS) is 20.0. The first-order valence-electron chi connectivity index (χ1n) is 6.98. The van der Waals surface area contributed by atoms with Gasteiger partial charge < -0.3 is 15.2 Å². The molecule has 1 unspecified atom stereocenters. The van der Waals surface area contributed by atoms with Crippen LogP contribution in [-0.2, 0) is 16.0 Å². The van der Waals surface area contributed by atoms with Crippen molar-refractivity contribution < 1.29 is 14.3 Å². The highest BCUT2D eigenvalue weighted by Crippen LogP contribution is 2.13. The Morgan fingerprint density at radius 2 is 2.40 bits per heavy atom. The van der Waals surface area contributed by atoms with Gasteiger partial charge in [0, 0.05) is 19.3 Å². The average molecular weight is 282 g/mol. The van der Waals surface area contributed by atoms with Crippen LogP contribution in [-0.4, -0.2) is 59.6 Å². The number of esters is 1. The van der Waals surface area contributed by atoms with Crippen molar-refractivity contribution in [2.24, 2.45) is 0 Å². The summed E-state index contributed by atoms with van der Waals surface area (Å²) < 4.78 is 12.3. The number of carbonyl (C=O) groups excluding carboxylic acids is 1. The highest BCUT2D eigenvalue weighted by atomic mass is 16.5. The van der Waals surface area contributed by atoms with E-state index in [0.29, 0.717) is 18.8 Å². The molecule has 7 heteroatoms. The van der Waals surface area contributed by atoms with E-state index in [1.54, 1.807) is 17.8 Å². The molecule has 0 bridgehead atoms. The van der Waals surface area contributed by atoms with E-state index in [1.165, 1.54) is 0 Å². The predicted octanol–water partition coefficient (Wildman–Crippen LogP) is 0.363. The van der Waals surface area contributed by atoms with Crippen LogP contribution in [0.3, 0.4) is 0 Å². The van der Waals surface area contributed by atoms with Crippen LogP contribution >= 0.6 is 0 Å². The van der Waals surface area contributed by atoms with Crippen LogP contribution in [0.15, 0.2) is 6.20 Å². The number of morpholine rings is 1. The molecule has 112 valence electrons. The second-order valence-electron chi connectivity index (χ2n) is 4.76. The molecular formula is C13H22N4O3. The summed E-state index contributed by atoms with van der Waals surface area (Å²) >= 11 is 0. The summed E-state index contributed by atoms with van der Waals surface area (Å²) in [5.41, 5.74) is 6.31. The molecule has 0 spiro atoms. The third-order valence-electron chi connectivity index (χ3n) is 3.32. The Kier molecular flexibility index (Phi) is 4.97. The van der Waals surface area contributed by atoms with Crippen molar-refractivity contribution in [1.29, 1.82) is 0 Å². The van der Waals surface area contributed by atoms with Crippen molar-refractivity contribution in [3.8, 4) is 0 Å². The Morgan fingerprint density at radius 3 is 3.10 bits per heavy atom. The van der Waals surface area contributed by atoms with Crippen molar-refractivity contribution in [3.63, 3.8) is 0 Å². The summed E-state index contributed by atoms with van der Waals surface area (Å²) in [4.78, 5) is 14.0. The third kappa shape index (κ3) is 3.49. The number of anilines is 1. The van der Waals surface area contributed by atoms with Gasteiger partial charge in [-0.05, 0) is 13.5 Å². The zero-order valence-corrected chi connectivity index (χ0v) is 12.0. The lowest BCUT2D eigenvalue weighted by Crippen LogP contribution is -2.44. The maximum Gasteiger partial charge on any atom is 0.361 e. The van der Waals surface area contributed by atoms with E-state index in [9.17, 15) is 4.79 Å². The van der Waals surface area contributed by atoms with Crippen molar-refractivity contribution in [2.45, 2.75) is 26.5 Å². The summed E-state index contributed by atoms with van der Waals surface area (Å²) in [6.45, 7) is 8.33. The number of nitrogen functional groups attached to an aromatic ring is 1. The Hall–Kier alpha value is -1.60. The van der Waals surface area contributed by atoms with Crippen molar-refractivity contribution in [3.05, 3.63) is 11.9 Å². The van der Waals surface area contributed by atoms with Crippen LogP contribution in [0, 0.1) is 0 Å². The third-order valence-corrected chi connectivity index (χ3v) is 3.32.